The Kier molecular flexibility index (Phi) is 6.79. The maximum Gasteiger partial charge on any atom is 0.306 e. The third-order valence-corrected chi connectivity index (χ3v) is 5.02. The van der Waals surface area contributed by atoms with Crippen molar-refractivity contribution in [3.8, 4) is 0 Å². The molecule has 2 atom stereocenters. The lowest BCUT2D eigenvalue weighted by molar-refractivity contribution is -0.154. The number of ether oxygens (including phenoxy) is 1. The molecule has 0 spiro atoms. The van der Waals surface area contributed by atoms with Gasteiger partial charge in [-0.25, -0.2) is 0 Å². The molecular formula is C19H32O2. The fraction of sp³-hybridized carbons (Fsp3) is 0.842. The summed E-state index contributed by atoms with van der Waals surface area (Å²) in [6, 6.07) is 0. The van der Waals surface area contributed by atoms with E-state index in [-0.39, 0.29) is 11.6 Å². The van der Waals surface area contributed by atoms with Crippen molar-refractivity contribution in [1.29, 1.82) is 0 Å². The second-order valence-corrected chi connectivity index (χ2v) is 6.98. The molecule has 2 aliphatic carbocycles. The van der Waals surface area contributed by atoms with Crippen LogP contribution < -0.4 is 0 Å². The summed E-state index contributed by atoms with van der Waals surface area (Å²) in [6.45, 7) is 2.26. The normalized spacial score (nSPS) is 26.4. The molecule has 0 amide bonds. The van der Waals surface area contributed by atoms with Gasteiger partial charge in [-0.3, -0.25) is 4.79 Å². The lowest BCUT2D eigenvalue weighted by atomic mass is 10.0. The van der Waals surface area contributed by atoms with Crippen LogP contribution in [-0.2, 0) is 9.53 Å². The van der Waals surface area contributed by atoms with Crippen molar-refractivity contribution in [2.45, 2.75) is 96.0 Å². The van der Waals surface area contributed by atoms with Crippen LogP contribution in [0.15, 0.2) is 12.2 Å². The van der Waals surface area contributed by atoms with Gasteiger partial charge in [-0.15, -0.1) is 0 Å². The Hall–Kier alpha value is -0.790. The standard InChI is InChI=1S/C19H32O2/c1-2-3-4-5-6-7-8-9-10-11-18(20)21-19-14-12-17(16-19)13-15-19/h12,14,17H,2-11,13,15-16H2,1H3. The van der Waals surface area contributed by atoms with Crippen molar-refractivity contribution >= 4 is 5.97 Å². The second kappa shape index (κ2) is 8.60. The summed E-state index contributed by atoms with van der Waals surface area (Å²) in [6.07, 6.45) is 19.8. The summed E-state index contributed by atoms with van der Waals surface area (Å²) in [5, 5.41) is 0. The number of carbonyl (C=O) groups is 1. The number of esters is 1. The van der Waals surface area contributed by atoms with Gasteiger partial charge >= 0.3 is 5.97 Å². The number of unbranched alkanes of at least 4 members (excludes halogenated alkanes) is 8. The van der Waals surface area contributed by atoms with Gasteiger partial charge in [0.1, 0.15) is 5.60 Å². The van der Waals surface area contributed by atoms with Crippen molar-refractivity contribution in [3.05, 3.63) is 12.2 Å². The van der Waals surface area contributed by atoms with Crippen LogP contribution in [-0.4, -0.2) is 11.6 Å². The van der Waals surface area contributed by atoms with Crippen LogP contribution in [0.5, 0.6) is 0 Å². The maximum atomic E-state index is 11.9. The monoisotopic (exact) mass is 292 g/mol. The van der Waals surface area contributed by atoms with E-state index in [4.69, 9.17) is 4.74 Å². The smallest absolute Gasteiger partial charge is 0.306 e. The fourth-order valence-electron chi connectivity index (χ4n) is 3.69. The Morgan fingerprint density at radius 2 is 1.76 bits per heavy atom. The molecule has 2 aliphatic rings. The summed E-state index contributed by atoms with van der Waals surface area (Å²) >= 11 is 0. The molecule has 0 aromatic carbocycles. The SMILES string of the molecule is CCCCCCCCCCCC(=O)OC12C=CC(CC1)C2. The third kappa shape index (κ3) is 5.48. The Balaban J connectivity index is 1.44. The Morgan fingerprint density at radius 1 is 1.10 bits per heavy atom. The molecule has 0 aliphatic heterocycles. The first-order valence-corrected chi connectivity index (χ1v) is 9.15. The Bertz CT molecular complexity index is 347. The van der Waals surface area contributed by atoms with Crippen molar-refractivity contribution < 1.29 is 9.53 Å². The van der Waals surface area contributed by atoms with E-state index < -0.39 is 0 Å². The van der Waals surface area contributed by atoms with E-state index in [9.17, 15) is 4.79 Å². The van der Waals surface area contributed by atoms with Crippen LogP contribution in [0.4, 0.5) is 0 Å². The van der Waals surface area contributed by atoms with E-state index in [1.54, 1.807) is 0 Å². The average Bonchev–Trinajstić information content (AvgIpc) is 3.05. The highest BCUT2D eigenvalue weighted by Crippen LogP contribution is 2.45. The predicted molar refractivity (Wildman–Crippen MR) is 87.1 cm³/mol. The molecule has 0 saturated heterocycles. The summed E-state index contributed by atoms with van der Waals surface area (Å²) in [7, 11) is 0. The van der Waals surface area contributed by atoms with Crippen LogP contribution in [0.1, 0.15) is 90.4 Å². The van der Waals surface area contributed by atoms with Gasteiger partial charge in [-0.1, -0.05) is 64.4 Å². The van der Waals surface area contributed by atoms with Crippen LogP contribution in [0.25, 0.3) is 0 Å². The van der Waals surface area contributed by atoms with E-state index in [1.807, 2.05) is 0 Å². The number of rotatable bonds is 11. The number of carbonyl (C=O) groups excluding carboxylic acids is 1. The van der Waals surface area contributed by atoms with Gasteiger partial charge in [0.2, 0.25) is 0 Å². The highest BCUT2D eigenvalue weighted by Gasteiger charge is 2.43. The maximum absolute atomic E-state index is 11.9. The fourth-order valence-corrected chi connectivity index (χ4v) is 3.69. The van der Waals surface area contributed by atoms with Crippen LogP contribution in [0.2, 0.25) is 0 Å². The van der Waals surface area contributed by atoms with E-state index in [0.717, 1.165) is 19.3 Å². The minimum absolute atomic E-state index is 0.0187. The van der Waals surface area contributed by atoms with Gasteiger partial charge in [-0.2, -0.15) is 0 Å². The zero-order chi connectivity index (χ0) is 15.0. The van der Waals surface area contributed by atoms with Crippen LogP contribution >= 0.6 is 0 Å². The van der Waals surface area contributed by atoms with Crippen LogP contribution in [0.3, 0.4) is 0 Å². The summed E-state index contributed by atoms with van der Waals surface area (Å²) < 4.78 is 5.74. The van der Waals surface area contributed by atoms with Crippen molar-refractivity contribution in [3.63, 3.8) is 0 Å². The van der Waals surface area contributed by atoms with Crippen molar-refractivity contribution in [1.82, 2.24) is 0 Å². The second-order valence-electron chi connectivity index (χ2n) is 6.98. The molecule has 0 aromatic rings. The van der Waals surface area contributed by atoms with E-state index >= 15 is 0 Å². The molecule has 2 unspecified atom stereocenters. The highest BCUT2D eigenvalue weighted by atomic mass is 16.6. The first-order chi connectivity index (χ1) is 10.2. The highest BCUT2D eigenvalue weighted by molar-refractivity contribution is 5.70. The molecule has 0 heterocycles. The van der Waals surface area contributed by atoms with Gasteiger partial charge in [0.25, 0.3) is 0 Å². The average molecular weight is 292 g/mol. The quantitative estimate of drug-likeness (QED) is 0.283. The zero-order valence-corrected chi connectivity index (χ0v) is 13.7. The lowest BCUT2D eigenvalue weighted by Crippen LogP contribution is -2.28. The summed E-state index contributed by atoms with van der Waals surface area (Å²) in [5.41, 5.74) is -0.207. The molecule has 1 fully saturated rings. The van der Waals surface area contributed by atoms with E-state index in [0.29, 0.717) is 12.3 Å². The molecule has 2 nitrogen and oxygen atoms in total. The molecule has 0 radical (unpaired) electrons. The Labute approximate surface area is 130 Å². The molecule has 2 bridgehead atoms. The van der Waals surface area contributed by atoms with Crippen molar-refractivity contribution in [2.75, 3.05) is 0 Å². The number of hydrogen-bond acceptors (Lipinski definition) is 2. The molecule has 0 aromatic heterocycles. The van der Waals surface area contributed by atoms with Gasteiger partial charge in [0.05, 0.1) is 0 Å². The number of hydrogen-bond donors (Lipinski definition) is 0. The summed E-state index contributed by atoms with van der Waals surface area (Å²) in [4.78, 5) is 11.9. The first-order valence-electron chi connectivity index (χ1n) is 9.15. The molecule has 1 saturated carbocycles. The Morgan fingerprint density at radius 3 is 2.29 bits per heavy atom. The van der Waals surface area contributed by atoms with Gasteiger partial charge in [-0.05, 0) is 37.7 Å². The largest absolute Gasteiger partial charge is 0.455 e. The van der Waals surface area contributed by atoms with Crippen molar-refractivity contribution in [2.24, 2.45) is 5.92 Å². The molecule has 2 rings (SSSR count). The summed E-state index contributed by atoms with van der Waals surface area (Å²) in [5.74, 6) is 0.690. The number of allylic oxidation sites excluding steroid dienone is 1. The van der Waals surface area contributed by atoms with E-state index in [2.05, 4.69) is 19.1 Å². The third-order valence-electron chi connectivity index (χ3n) is 5.02. The topological polar surface area (TPSA) is 26.3 Å². The van der Waals surface area contributed by atoms with Gasteiger partial charge in [0.15, 0.2) is 0 Å². The minimum atomic E-state index is -0.207. The first kappa shape index (κ1) is 16.6. The molecule has 120 valence electrons. The van der Waals surface area contributed by atoms with E-state index in [1.165, 1.54) is 57.8 Å². The molecule has 0 N–H and O–H groups in total. The van der Waals surface area contributed by atoms with Crippen LogP contribution in [0, 0.1) is 5.92 Å². The molecular weight excluding hydrogens is 260 g/mol. The minimum Gasteiger partial charge on any atom is -0.455 e. The molecule has 2 heteroatoms. The zero-order valence-electron chi connectivity index (χ0n) is 13.7. The van der Waals surface area contributed by atoms with Gasteiger partial charge < -0.3 is 4.74 Å². The number of fused-ring (bicyclic) bond motifs is 2. The van der Waals surface area contributed by atoms with Gasteiger partial charge in [0, 0.05) is 6.42 Å². The molecule has 21 heavy (non-hydrogen) atoms. The predicted octanol–water partition coefficient (Wildman–Crippen LogP) is 5.56. The lowest BCUT2D eigenvalue weighted by Gasteiger charge is -2.23.